The van der Waals surface area contributed by atoms with Crippen LogP contribution in [0.1, 0.15) is 26.7 Å². The van der Waals surface area contributed by atoms with E-state index in [1.807, 2.05) is 0 Å². The molecule has 0 aromatic heterocycles. The third-order valence-electron chi connectivity index (χ3n) is 2.43. The van der Waals surface area contributed by atoms with Crippen LogP contribution in [0, 0.1) is 5.92 Å². The Hall–Kier alpha value is 0.177. The molecule has 0 aromatic carbocycles. The van der Waals surface area contributed by atoms with Crippen molar-refractivity contribution in [1.29, 1.82) is 0 Å². The Balaban J connectivity index is 2.23. The van der Waals surface area contributed by atoms with Crippen molar-refractivity contribution in [3.05, 3.63) is 0 Å². The van der Waals surface area contributed by atoms with E-state index in [9.17, 15) is 0 Å². The van der Waals surface area contributed by atoms with E-state index in [2.05, 4.69) is 20.4 Å². The molecular formula is C9H20OSi. The van der Waals surface area contributed by atoms with Crippen LogP contribution in [-0.2, 0) is 4.43 Å². The van der Waals surface area contributed by atoms with Crippen molar-refractivity contribution in [2.75, 3.05) is 6.61 Å². The molecule has 1 saturated heterocycles. The van der Waals surface area contributed by atoms with Crippen LogP contribution in [-0.4, -0.2) is 14.9 Å². The molecule has 0 spiro atoms. The molecule has 0 radical (unpaired) electrons. The largest absolute Gasteiger partial charge is 0.417 e. The number of hydrogen-bond acceptors (Lipinski definition) is 1. The van der Waals surface area contributed by atoms with E-state index in [4.69, 9.17) is 4.43 Å². The Morgan fingerprint density at radius 2 is 1.82 bits per heavy atom. The topological polar surface area (TPSA) is 9.23 Å². The third kappa shape index (κ3) is 2.95. The molecule has 11 heavy (non-hydrogen) atoms. The molecule has 1 fully saturated rings. The lowest BCUT2D eigenvalue weighted by atomic mass is 10.2. The van der Waals surface area contributed by atoms with Gasteiger partial charge in [0.25, 0.3) is 0 Å². The lowest BCUT2D eigenvalue weighted by molar-refractivity contribution is 0.260. The van der Waals surface area contributed by atoms with E-state index < -0.39 is 8.32 Å². The highest BCUT2D eigenvalue weighted by Crippen LogP contribution is 2.30. The van der Waals surface area contributed by atoms with Gasteiger partial charge in [-0.15, -0.1) is 0 Å². The van der Waals surface area contributed by atoms with Gasteiger partial charge in [-0.25, -0.2) is 0 Å². The van der Waals surface area contributed by atoms with Gasteiger partial charge < -0.3 is 4.43 Å². The Bertz CT molecular complexity index is 117. The zero-order chi connectivity index (χ0) is 8.32. The second-order valence-electron chi connectivity index (χ2n) is 4.36. The number of hydrogen-bond donors (Lipinski definition) is 0. The molecule has 0 bridgehead atoms. The van der Waals surface area contributed by atoms with Gasteiger partial charge in [0.15, 0.2) is 8.32 Å². The summed E-state index contributed by atoms with van der Waals surface area (Å²) in [6.07, 6.45) is 2.83. The molecule has 0 saturated carbocycles. The van der Waals surface area contributed by atoms with Crippen LogP contribution >= 0.6 is 0 Å². The average molecular weight is 172 g/mol. The van der Waals surface area contributed by atoms with Gasteiger partial charge in [0.05, 0.1) is 0 Å². The summed E-state index contributed by atoms with van der Waals surface area (Å²) in [5.74, 6) is 0.708. The van der Waals surface area contributed by atoms with Crippen molar-refractivity contribution in [1.82, 2.24) is 0 Å². The molecule has 1 heterocycles. The van der Waals surface area contributed by atoms with Gasteiger partial charge >= 0.3 is 0 Å². The Labute approximate surface area is 71.3 Å². The highest BCUT2D eigenvalue weighted by molar-refractivity contribution is 6.73. The van der Waals surface area contributed by atoms with Crippen LogP contribution in [0.5, 0.6) is 0 Å². The SMILES string of the molecule is CC(C)CO[Si]1(C)CCCC1. The Morgan fingerprint density at radius 1 is 1.27 bits per heavy atom. The molecule has 0 aliphatic carbocycles. The van der Waals surface area contributed by atoms with E-state index in [1.165, 1.54) is 24.9 Å². The van der Waals surface area contributed by atoms with Crippen LogP contribution in [0.2, 0.25) is 18.6 Å². The molecule has 1 rings (SSSR count). The van der Waals surface area contributed by atoms with Crippen molar-refractivity contribution in [2.24, 2.45) is 5.92 Å². The van der Waals surface area contributed by atoms with Gasteiger partial charge in [-0.1, -0.05) is 26.7 Å². The maximum atomic E-state index is 5.99. The predicted octanol–water partition coefficient (Wildman–Crippen LogP) is 3.03. The van der Waals surface area contributed by atoms with Gasteiger partial charge in [-0.3, -0.25) is 0 Å². The van der Waals surface area contributed by atoms with Crippen LogP contribution in [0.3, 0.4) is 0 Å². The molecule has 0 amide bonds. The van der Waals surface area contributed by atoms with Gasteiger partial charge in [0, 0.05) is 6.61 Å². The van der Waals surface area contributed by atoms with Crippen LogP contribution in [0.4, 0.5) is 0 Å². The summed E-state index contributed by atoms with van der Waals surface area (Å²) < 4.78 is 5.99. The molecule has 0 atom stereocenters. The highest BCUT2D eigenvalue weighted by Gasteiger charge is 2.32. The van der Waals surface area contributed by atoms with E-state index in [-0.39, 0.29) is 0 Å². The smallest absolute Gasteiger partial charge is 0.189 e. The quantitative estimate of drug-likeness (QED) is 0.595. The fraction of sp³-hybridized carbons (Fsp3) is 1.00. The first-order chi connectivity index (χ1) is 5.12. The molecule has 2 heteroatoms. The lowest BCUT2D eigenvalue weighted by Crippen LogP contribution is -2.31. The summed E-state index contributed by atoms with van der Waals surface area (Å²) >= 11 is 0. The van der Waals surface area contributed by atoms with Crippen molar-refractivity contribution < 1.29 is 4.43 Å². The first kappa shape index (κ1) is 9.27. The summed E-state index contributed by atoms with van der Waals surface area (Å²) in [6, 6.07) is 2.80. The summed E-state index contributed by atoms with van der Waals surface area (Å²) in [4.78, 5) is 0. The van der Waals surface area contributed by atoms with Crippen LogP contribution in [0.25, 0.3) is 0 Å². The summed E-state index contributed by atoms with van der Waals surface area (Å²) in [5.41, 5.74) is 0. The monoisotopic (exact) mass is 172 g/mol. The lowest BCUT2D eigenvalue weighted by Gasteiger charge is -2.22. The van der Waals surface area contributed by atoms with Crippen molar-refractivity contribution in [2.45, 2.75) is 45.3 Å². The average Bonchev–Trinajstić information content (AvgIpc) is 2.33. The fourth-order valence-corrected chi connectivity index (χ4v) is 4.91. The fourth-order valence-electron chi connectivity index (χ4n) is 1.64. The van der Waals surface area contributed by atoms with E-state index in [0.717, 1.165) is 6.61 Å². The zero-order valence-electron chi connectivity index (χ0n) is 8.02. The predicted molar refractivity (Wildman–Crippen MR) is 51.3 cm³/mol. The molecule has 1 aliphatic rings. The molecule has 1 aliphatic heterocycles. The minimum atomic E-state index is -1.15. The van der Waals surface area contributed by atoms with Crippen LogP contribution < -0.4 is 0 Å². The van der Waals surface area contributed by atoms with Gasteiger partial charge in [-0.05, 0) is 24.6 Å². The van der Waals surface area contributed by atoms with Gasteiger partial charge in [-0.2, -0.15) is 0 Å². The molecule has 66 valence electrons. The van der Waals surface area contributed by atoms with E-state index >= 15 is 0 Å². The molecule has 0 aromatic rings. The molecule has 0 unspecified atom stereocenters. The second kappa shape index (κ2) is 3.72. The first-order valence-corrected chi connectivity index (χ1v) is 7.59. The number of rotatable bonds is 3. The zero-order valence-corrected chi connectivity index (χ0v) is 9.02. The standard InChI is InChI=1S/C9H20OSi/c1-9(2)8-10-11(3)6-4-5-7-11/h9H,4-8H2,1-3H3. The Kier molecular flexibility index (Phi) is 3.13. The van der Waals surface area contributed by atoms with Crippen molar-refractivity contribution >= 4 is 8.32 Å². The highest BCUT2D eigenvalue weighted by atomic mass is 28.4. The third-order valence-corrected chi connectivity index (χ3v) is 6.11. The Morgan fingerprint density at radius 3 is 2.27 bits per heavy atom. The summed E-state index contributed by atoms with van der Waals surface area (Å²) in [7, 11) is -1.15. The molecule has 1 nitrogen and oxygen atoms in total. The van der Waals surface area contributed by atoms with Gasteiger partial charge in [0.2, 0.25) is 0 Å². The summed E-state index contributed by atoms with van der Waals surface area (Å²) in [5, 5.41) is 0. The van der Waals surface area contributed by atoms with Gasteiger partial charge in [0.1, 0.15) is 0 Å². The van der Waals surface area contributed by atoms with Crippen LogP contribution in [0.15, 0.2) is 0 Å². The summed E-state index contributed by atoms with van der Waals surface area (Å²) in [6.45, 7) is 7.84. The second-order valence-corrected chi connectivity index (χ2v) is 8.55. The molecular weight excluding hydrogens is 152 g/mol. The van der Waals surface area contributed by atoms with E-state index in [1.54, 1.807) is 0 Å². The molecule has 0 N–H and O–H groups in total. The minimum absolute atomic E-state index is 0.708. The minimum Gasteiger partial charge on any atom is -0.417 e. The maximum absolute atomic E-state index is 5.99. The van der Waals surface area contributed by atoms with Crippen molar-refractivity contribution in [3.8, 4) is 0 Å². The van der Waals surface area contributed by atoms with E-state index in [0.29, 0.717) is 5.92 Å². The van der Waals surface area contributed by atoms with Crippen molar-refractivity contribution in [3.63, 3.8) is 0 Å². The maximum Gasteiger partial charge on any atom is 0.189 e. The normalized spacial score (nSPS) is 22.9. The first-order valence-electron chi connectivity index (χ1n) is 4.76.